The first-order chi connectivity index (χ1) is 9.72. The maximum absolute atomic E-state index is 11.3. The highest BCUT2D eigenvalue weighted by Gasteiger charge is 2.10. The summed E-state index contributed by atoms with van der Waals surface area (Å²) in [5, 5.41) is 0. The Hall–Kier alpha value is -2.40. The third-order valence-corrected chi connectivity index (χ3v) is 2.99. The van der Waals surface area contributed by atoms with Crippen LogP contribution < -0.4 is 20.6 Å². The Bertz CT molecular complexity index is 599. The van der Waals surface area contributed by atoms with Crippen LogP contribution in [0.25, 0.3) is 0 Å². The Kier molecular flexibility index (Phi) is 4.68. The van der Waals surface area contributed by atoms with Crippen molar-refractivity contribution in [1.29, 1.82) is 0 Å². The Labute approximate surface area is 118 Å². The fourth-order valence-corrected chi connectivity index (χ4v) is 2.05. The smallest absolute Gasteiger partial charge is 0.238 e. The number of nitrogens with zero attached hydrogens (tertiary/aromatic N) is 1. The van der Waals surface area contributed by atoms with Gasteiger partial charge in [0.1, 0.15) is 5.75 Å². The normalized spacial score (nSPS) is 10.1. The molecule has 0 aliphatic rings. The minimum absolute atomic E-state index is 0.208. The number of hydrogen-bond donors (Lipinski definition) is 2. The number of aromatic nitrogens is 1. The highest BCUT2D eigenvalue weighted by molar-refractivity contribution is 5.77. The van der Waals surface area contributed by atoms with Crippen molar-refractivity contribution in [1.82, 2.24) is 5.43 Å². The van der Waals surface area contributed by atoms with E-state index in [1.54, 1.807) is 7.11 Å². The van der Waals surface area contributed by atoms with E-state index in [0.29, 0.717) is 6.54 Å². The molecule has 1 aromatic heterocycles. The van der Waals surface area contributed by atoms with Crippen molar-refractivity contribution in [2.45, 2.75) is 13.0 Å². The Morgan fingerprint density at radius 3 is 2.85 bits per heavy atom. The number of hydrazine groups is 1. The van der Waals surface area contributed by atoms with E-state index >= 15 is 0 Å². The molecule has 0 saturated heterocycles. The van der Waals surface area contributed by atoms with Crippen molar-refractivity contribution in [2.24, 2.45) is 5.84 Å². The molecule has 0 aliphatic heterocycles. The monoisotopic (exact) mass is 272 g/mol. The summed E-state index contributed by atoms with van der Waals surface area (Å²) >= 11 is 0. The number of hydrogen-bond acceptors (Lipinski definition) is 3. The molecule has 2 aromatic rings. The van der Waals surface area contributed by atoms with Crippen molar-refractivity contribution in [3.63, 3.8) is 0 Å². The predicted molar refractivity (Wildman–Crippen MR) is 74.8 cm³/mol. The average molecular weight is 272 g/mol. The fourth-order valence-electron chi connectivity index (χ4n) is 2.05. The van der Waals surface area contributed by atoms with Crippen LogP contribution in [0, 0.1) is 0 Å². The molecule has 0 unspecified atom stereocenters. The van der Waals surface area contributed by atoms with Gasteiger partial charge in [0.15, 0.2) is 18.9 Å². The standard InChI is InChI=1S/C15H17N3O2/c1-20-14-7-3-2-6-13(14)11-18-8-4-5-12(10-18)9-15(19)17-16/h2-8,10H,9,11,16H2,1H3/p+1. The van der Waals surface area contributed by atoms with Crippen LogP contribution in [0.1, 0.15) is 11.1 Å². The predicted octanol–water partition coefficient (Wildman–Crippen LogP) is 0.563. The molecule has 0 aliphatic carbocycles. The van der Waals surface area contributed by atoms with E-state index in [9.17, 15) is 4.79 Å². The zero-order valence-corrected chi connectivity index (χ0v) is 11.4. The maximum atomic E-state index is 11.3. The molecule has 0 fully saturated rings. The second kappa shape index (κ2) is 6.68. The molecule has 0 spiro atoms. The topological polar surface area (TPSA) is 68.2 Å². The van der Waals surface area contributed by atoms with Crippen molar-refractivity contribution in [2.75, 3.05) is 7.11 Å². The Morgan fingerprint density at radius 1 is 1.30 bits per heavy atom. The van der Waals surface area contributed by atoms with Crippen LogP contribution in [0.4, 0.5) is 0 Å². The van der Waals surface area contributed by atoms with Gasteiger partial charge >= 0.3 is 0 Å². The third-order valence-electron chi connectivity index (χ3n) is 2.99. The number of rotatable bonds is 5. The van der Waals surface area contributed by atoms with Crippen LogP contribution in [0.3, 0.4) is 0 Å². The van der Waals surface area contributed by atoms with Gasteiger partial charge in [-0.05, 0) is 18.2 Å². The second-order valence-corrected chi connectivity index (χ2v) is 4.44. The van der Waals surface area contributed by atoms with Crippen LogP contribution >= 0.6 is 0 Å². The lowest BCUT2D eigenvalue weighted by atomic mass is 10.1. The number of pyridine rings is 1. The van der Waals surface area contributed by atoms with Crippen LogP contribution in [0.15, 0.2) is 48.8 Å². The highest BCUT2D eigenvalue weighted by Crippen LogP contribution is 2.16. The highest BCUT2D eigenvalue weighted by atomic mass is 16.5. The average Bonchev–Trinajstić information content (AvgIpc) is 2.48. The van der Waals surface area contributed by atoms with E-state index in [1.165, 1.54) is 0 Å². The Morgan fingerprint density at radius 2 is 2.10 bits per heavy atom. The zero-order chi connectivity index (χ0) is 14.4. The summed E-state index contributed by atoms with van der Waals surface area (Å²) in [6.07, 6.45) is 4.15. The lowest BCUT2D eigenvalue weighted by molar-refractivity contribution is -0.688. The van der Waals surface area contributed by atoms with Gasteiger partial charge in [-0.2, -0.15) is 0 Å². The molecule has 0 bridgehead atoms. The summed E-state index contributed by atoms with van der Waals surface area (Å²) in [6, 6.07) is 11.7. The number of para-hydroxylation sites is 1. The summed E-state index contributed by atoms with van der Waals surface area (Å²) in [4.78, 5) is 11.3. The second-order valence-electron chi connectivity index (χ2n) is 4.44. The van der Waals surface area contributed by atoms with Crippen molar-refractivity contribution in [3.05, 3.63) is 59.9 Å². The molecule has 5 heteroatoms. The van der Waals surface area contributed by atoms with E-state index in [-0.39, 0.29) is 12.3 Å². The number of methoxy groups -OCH3 is 1. The van der Waals surface area contributed by atoms with E-state index in [1.807, 2.05) is 53.4 Å². The van der Waals surface area contributed by atoms with E-state index in [2.05, 4.69) is 5.43 Å². The molecule has 1 aromatic carbocycles. The minimum Gasteiger partial charge on any atom is -0.496 e. The molecule has 3 N–H and O–H groups in total. The van der Waals surface area contributed by atoms with Gasteiger partial charge in [-0.1, -0.05) is 12.1 Å². The molecule has 1 amide bonds. The van der Waals surface area contributed by atoms with Gasteiger partial charge in [0.25, 0.3) is 0 Å². The Balaban J connectivity index is 2.17. The van der Waals surface area contributed by atoms with Crippen LogP contribution in [0.2, 0.25) is 0 Å². The lowest BCUT2D eigenvalue weighted by Gasteiger charge is -2.06. The molecule has 1 heterocycles. The number of amides is 1. The molecule has 0 radical (unpaired) electrons. The number of benzene rings is 1. The van der Waals surface area contributed by atoms with Gasteiger partial charge in [0.2, 0.25) is 5.91 Å². The van der Waals surface area contributed by atoms with E-state index in [0.717, 1.165) is 16.9 Å². The lowest BCUT2D eigenvalue weighted by Crippen LogP contribution is -2.36. The van der Waals surface area contributed by atoms with Crippen molar-refractivity contribution >= 4 is 5.91 Å². The quantitative estimate of drug-likeness (QED) is 0.362. The number of ether oxygens (including phenoxy) is 1. The summed E-state index contributed by atoms with van der Waals surface area (Å²) in [5.74, 6) is 5.74. The first-order valence-corrected chi connectivity index (χ1v) is 6.32. The minimum atomic E-state index is -0.208. The van der Waals surface area contributed by atoms with Gasteiger partial charge in [0, 0.05) is 11.6 Å². The largest absolute Gasteiger partial charge is 0.496 e. The maximum Gasteiger partial charge on any atom is 0.238 e. The summed E-state index contributed by atoms with van der Waals surface area (Å²) < 4.78 is 7.35. The summed E-state index contributed by atoms with van der Waals surface area (Å²) in [5.41, 5.74) is 4.12. The van der Waals surface area contributed by atoms with Crippen LogP contribution in [0.5, 0.6) is 5.75 Å². The SMILES string of the molecule is COc1ccccc1C[n+]1cccc(CC(=O)NN)c1. The molecule has 0 atom stereocenters. The number of carbonyl (C=O) groups excluding carboxylic acids is 1. The first-order valence-electron chi connectivity index (χ1n) is 6.32. The molecular weight excluding hydrogens is 254 g/mol. The molecule has 0 saturated carbocycles. The molecule has 20 heavy (non-hydrogen) atoms. The van der Waals surface area contributed by atoms with Gasteiger partial charge < -0.3 is 4.74 Å². The first kappa shape index (κ1) is 14.0. The fraction of sp³-hybridized carbons (Fsp3) is 0.200. The van der Waals surface area contributed by atoms with Crippen molar-refractivity contribution < 1.29 is 14.1 Å². The number of carbonyl (C=O) groups is 1. The summed E-state index contributed by atoms with van der Waals surface area (Å²) in [7, 11) is 1.66. The van der Waals surface area contributed by atoms with Crippen LogP contribution in [-0.4, -0.2) is 13.0 Å². The van der Waals surface area contributed by atoms with Gasteiger partial charge in [-0.25, -0.2) is 10.4 Å². The summed E-state index contributed by atoms with van der Waals surface area (Å²) in [6.45, 7) is 0.683. The van der Waals surface area contributed by atoms with E-state index < -0.39 is 0 Å². The van der Waals surface area contributed by atoms with Gasteiger partial charge in [-0.15, -0.1) is 0 Å². The van der Waals surface area contributed by atoms with Crippen molar-refractivity contribution in [3.8, 4) is 5.75 Å². The van der Waals surface area contributed by atoms with Crippen LogP contribution in [-0.2, 0) is 17.8 Å². The molecule has 2 rings (SSSR count). The zero-order valence-electron chi connectivity index (χ0n) is 11.4. The van der Waals surface area contributed by atoms with Gasteiger partial charge in [0.05, 0.1) is 19.1 Å². The third kappa shape index (κ3) is 3.55. The number of nitrogens with two attached hydrogens (primary N) is 1. The number of nitrogens with one attached hydrogen (secondary N) is 1. The van der Waals surface area contributed by atoms with E-state index in [4.69, 9.17) is 10.6 Å². The molecule has 5 nitrogen and oxygen atoms in total. The molecule has 104 valence electrons. The van der Waals surface area contributed by atoms with Gasteiger partial charge in [-0.3, -0.25) is 10.2 Å². The molecular formula is C15H18N3O2+.